The third-order valence-electron chi connectivity index (χ3n) is 3.34. The molecule has 3 rings (SSSR count). The lowest BCUT2D eigenvalue weighted by atomic mass is 9.94. The molecule has 0 spiro atoms. The molecular weight excluding hydrogens is 270 g/mol. The van der Waals surface area contributed by atoms with Crippen LogP contribution in [-0.2, 0) is 9.59 Å². The van der Waals surface area contributed by atoms with E-state index in [-0.39, 0.29) is 24.3 Å². The van der Waals surface area contributed by atoms with E-state index in [0.29, 0.717) is 12.4 Å². The van der Waals surface area contributed by atoms with Gasteiger partial charge in [0.25, 0.3) is 0 Å². The molecule has 2 amide bonds. The fraction of sp³-hybridized carbons (Fsp3) is 0.286. The predicted molar refractivity (Wildman–Crippen MR) is 79.0 cm³/mol. The maximum absolute atomic E-state index is 11.2. The van der Waals surface area contributed by atoms with Crippen molar-refractivity contribution in [3.05, 3.63) is 29.8 Å². The van der Waals surface area contributed by atoms with Crippen LogP contribution in [0.4, 0.5) is 5.69 Å². The largest absolute Gasteiger partial charge is 0.326 e. The number of benzene rings is 1. The summed E-state index contributed by atoms with van der Waals surface area (Å²) in [6.45, 7) is 2.14. The Hall–Kier alpha value is -2.70. The molecule has 2 aliphatic heterocycles. The average Bonchev–Trinajstić information content (AvgIpc) is 2.85. The second-order valence-electron chi connectivity index (χ2n) is 5.05. The second kappa shape index (κ2) is 5.35. The minimum Gasteiger partial charge on any atom is -0.326 e. The van der Waals surface area contributed by atoms with Crippen molar-refractivity contribution in [2.75, 3.05) is 11.9 Å². The van der Waals surface area contributed by atoms with Gasteiger partial charge >= 0.3 is 0 Å². The van der Waals surface area contributed by atoms with Crippen LogP contribution in [0.15, 0.2) is 34.4 Å². The first kappa shape index (κ1) is 13.3. The number of anilines is 1. The first-order valence-corrected chi connectivity index (χ1v) is 6.70. The van der Waals surface area contributed by atoms with Gasteiger partial charge in [0.05, 0.1) is 5.71 Å². The number of hydrogen-bond donors (Lipinski definition) is 3. The van der Waals surface area contributed by atoms with Gasteiger partial charge < -0.3 is 5.32 Å². The van der Waals surface area contributed by atoms with Crippen LogP contribution in [0, 0.1) is 5.92 Å². The Morgan fingerprint density at radius 2 is 1.95 bits per heavy atom. The molecule has 0 radical (unpaired) electrons. The number of carbonyl (C=O) groups excluding carboxylic acids is 2. The van der Waals surface area contributed by atoms with E-state index in [0.717, 1.165) is 17.0 Å². The van der Waals surface area contributed by atoms with Gasteiger partial charge in [0.15, 0.2) is 0 Å². The third kappa shape index (κ3) is 2.91. The van der Waals surface area contributed by atoms with E-state index in [1.54, 1.807) is 0 Å². The number of nitrogens with one attached hydrogen (secondary N) is 3. The van der Waals surface area contributed by atoms with Gasteiger partial charge in [-0.1, -0.05) is 19.1 Å². The molecule has 1 aromatic rings. The summed E-state index contributed by atoms with van der Waals surface area (Å²) in [6.07, 6.45) is 0.446. The van der Waals surface area contributed by atoms with Crippen molar-refractivity contribution in [1.29, 1.82) is 0 Å². The number of guanidine groups is 1. The molecule has 0 aliphatic carbocycles. The fourth-order valence-corrected chi connectivity index (χ4v) is 2.30. The first-order valence-electron chi connectivity index (χ1n) is 6.70. The lowest BCUT2D eigenvalue weighted by Crippen LogP contribution is -2.32. The number of rotatable bonds is 2. The summed E-state index contributed by atoms with van der Waals surface area (Å²) in [5.74, 6) is 0.384. The molecule has 0 aromatic heterocycles. The summed E-state index contributed by atoms with van der Waals surface area (Å²) in [5.41, 5.74) is 5.16. The summed E-state index contributed by atoms with van der Waals surface area (Å²) in [4.78, 5) is 26.3. The monoisotopic (exact) mass is 285 g/mol. The first-order chi connectivity index (χ1) is 10.1. The predicted octanol–water partition coefficient (Wildman–Crippen LogP) is 0.444. The van der Waals surface area contributed by atoms with Gasteiger partial charge in [-0.05, 0) is 17.7 Å². The van der Waals surface area contributed by atoms with Crippen molar-refractivity contribution < 1.29 is 9.59 Å². The number of carbonyl (C=O) groups is 2. The van der Waals surface area contributed by atoms with Crippen molar-refractivity contribution in [1.82, 2.24) is 10.7 Å². The van der Waals surface area contributed by atoms with Gasteiger partial charge in [0.2, 0.25) is 17.8 Å². The Labute approximate surface area is 121 Å². The van der Waals surface area contributed by atoms with Crippen molar-refractivity contribution in [2.45, 2.75) is 13.3 Å². The number of nitrogens with zero attached hydrogens (tertiary/aromatic N) is 2. The molecule has 7 nitrogen and oxygen atoms in total. The van der Waals surface area contributed by atoms with Gasteiger partial charge in [-0.15, -0.1) is 0 Å². The molecule has 7 heteroatoms. The number of amides is 2. The molecule has 2 aliphatic rings. The summed E-state index contributed by atoms with van der Waals surface area (Å²) in [6, 6.07) is 7.61. The van der Waals surface area contributed by atoms with Gasteiger partial charge in [-0.25, -0.2) is 10.4 Å². The maximum Gasteiger partial charge on any atom is 0.248 e. The molecule has 3 N–H and O–H groups in total. The van der Waals surface area contributed by atoms with Crippen molar-refractivity contribution in [2.24, 2.45) is 16.0 Å². The molecule has 0 fully saturated rings. The molecule has 0 bridgehead atoms. The van der Waals surface area contributed by atoms with Crippen LogP contribution in [0.2, 0.25) is 0 Å². The Morgan fingerprint density at radius 1 is 1.19 bits per heavy atom. The van der Waals surface area contributed by atoms with Gasteiger partial charge in [0.1, 0.15) is 6.54 Å². The van der Waals surface area contributed by atoms with Crippen molar-refractivity contribution >= 4 is 29.2 Å². The standard InChI is InChI=1S/C14H15N5O2/c1-8-6-11(20)18-19-13(8)9-2-4-10(5-3-9)16-14-15-7-12(21)17-14/h2-5,8H,6-7H2,1H3,(H,18,20)(H2,15,16,17,21)/t8-/m1/s1. The van der Waals surface area contributed by atoms with Gasteiger partial charge in [-0.3, -0.25) is 14.9 Å². The van der Waals surface area contributed by atoms with Crippen LogP contribution in [-0.4, -0.2) is 30.0 Å². The topological polar surface area (TPSA) is 94.9 Å². The maximum atomic E-state index is 11.2. The SMILES string of the molecule is C[C@@H]1CC(=O)NN=C1c1ccc(NC2=NCC(=O)N2)cc1. The molecule has 2 heterocycles. The highest BCUT2D eigenvalue weighted by atomic mass is 16.2. The smallest absolute Gasteiger partial charge is 0.248 e. The molecule has 1 aromatic carbocycles. The Bertz CT molecular complexity index is 648. The summed E-state index contributed by atoms with van der Waals surface area (Å²) >= 11 is 0. The van der Waals surface area contributed by atoms with Crippen LogP contribution in [0.5, 0.6) is 0 Å². The van der Waals surface area contributed by atoms with E-state index in [4.69, 9.17) is 0 Å². The zero-order valence-corrected chi connectivity index (χ0v) is 11.5. The van der Waals surface area contributed by atoms with Crippen molar-refractivity contribution in [3.8, 4) is 0 Å². The van der Waals surface area contributed by atoms with Crippen LogP contribution in [0.3, 0.4) is 0 Å². The minimum absolute atomic E-state index is 0.0560. The molecule has 108 valence electrons. The van der Waals surface area contributed by atoms with Crippen LogP contribution in [0.25, 0.3) is 0 Å². The second-order valence-corrected chi connectivity index (χ2v) is 5.05. The summed E-state index contributed by atoms with van der Waals surface area (Å²) < 4.78 is 0. The van der Waals surface area contributed by atoms with Gasteiger partial charge in [0, 0.05) is 18.0 Å². The molecule has 1 atom stereocenters. The molecule has 21 heavy (non-hydrogen) atoms. The lowest BCUT2D eigenvalue weighted by molar-refractivity contribution is -0.122. The summed E-state index contributed by atoms with van der Waals surface area (Å²) in [7, 11) is 0. The fourth-order valence-electron chi connectivity index (χ4n) is 2.30. The quantitative estimate of drug-likeness (QED) is 0.736. The van der Waals surface area contributed by atoms with E-state index in [9.17, 15) is 9.59 Å². The van der Waals surface area contributed by atoms with E-state index in [1.807, 2.05) is 31.2 Å². The number of hydrazone groups is 1. The van der Waals surface area contributed by atoms with Crippen LogP contribution in [0.1, 0.15) is 18.9 Å². The van der Waals surface area contributed by atoms with Crippen molar-refractivity contribution in [3.63, 3.8) is 0 Å². The zero-order chi connectivity index (χ0) is 14.8. The highest BCUT2D eigenvalue weighted by molar-refractivity contribution is 6.09. The highest BCUT2D eigenvalue weighted by Gasteiger charge is 2.21. The zero-order valence-electron chi connectivity index (χ0n) is 11.5. The lowest BCUT2D eigenvalue weighted by Gasteiger charge is -2.19. The third-order valence-corrected chi connectivity index (χ3v) is 3.34. The van der Waals surface area contributed by atoms with E-state index in [2.05, 4.69) is 26.2 Å². The minimum atomic E-state index is -0.116. The van der Waals surface area contributed by atoms with E-state index < -0.39 is 0 Å². The highest BCUT2D eigenvalue weighted by Crippen LogP contribution is 2.18. The normalized spacial score (nSPS) is 21.3. The van der Waals surface area contributed by atoms with Crippen LogP contribution < -0.4 is 16.1 Å². The van der Waals surface area contributed by atoms with E-state index in [1.165, 1.54) is 0 Å². The summed E-state index contributed by atoms with van der Waals surface area (Å²) in [5, 5.41) is 9.77. The van der Waals surface area contributed by atoms with Crippen LogP contribution >= 0.6 is 0 Å². The molecule has 0 saturated carbocycles. The molecule has 0 saturated heterocycles. The molecular formula is C14H15N5O2. The Kier molecular flexibility index (Phi) is 3.39. The molecule has 0 unspecified atom stereocenters. The van der Waals surface area contributed by atoms with E-state index >= 15 is 0 Å². The average molecular weight is 285 g/mol. The number of aliphatic imine (C=N–C) groups is 1. The van der Waals surface area contributed by atoms with Gasteiger partial charge in [-0.2, -0.15) is 5.10 Å². The number of hydrogen-bond acceptors (Lipinski definition) is 5. The Balaban J connectivity index is 1.72. The Morgan fingerprint density at radius 3 is 2.57 bits per heavy atom.